The van der Waals surface area contributed by atoms with E-state index in [9.17, 15) is 14.4 Å². The van der Waals surface area contributed by atoms with Crippen LogP contribution >= 0.6 is 24.2 Å². The number of nitrogens with zero attached hydrogens (tertiary/aromatic N) is 1. The first-order valence-electron chi connectivity index (χ1n) is 11.7. The third kappa shape index (κ3) is 5.22. The Morgan fingerprint density at radius 2 is 1.91 bits per heavy atom. The van der Waals surface area contributed by atoms with Gasteiger partial charge >= 0.3 is 0 Å². The SMILES string of the molecule is CNC(C)C(=O)N[C@H]1CCO[C@H]2CC(C)(C)[C@@H](C(=O)N[C@@H]3CCSc4ccccc43)N2C1=O.Cl. The standard InChI is InChI=1S/C24H34N4O4S.ClH/c1-14(25-4)21(29)27-17-9-11-32-19-13-24(2,3)20(28(19)23(17)31)22(30)26-16-10-12-33-18-8-6-5-7-15(16)18;/h5-8,14,16-17,19-20,25H,9-13H2,1-4H3,(H,26,30)(H,27,29);1H/t14?,16-,17+,19+,20-;/m1./s1. The molecule has 34 heavy (non-hydrogen) atoms. The van der Waals surface area contributed by atoms with Crippen LogP contribution in [0.1, 0.15) is 51.6 Å². The van der Waals surface area contributed by atoms with E-state index in [2.05, 4.69) is 28.1 Å². The molecule has 188 valence electrons. The Bertz CT molecular complexity index is 930. The Hall–Kier alpha value is -1.81. The van der Waals surface area contributed by atoms with Gasteiger partial charge in [-0.25, -0.2) is 0 Å². The molecule has 10 heteroatoms. The van der Waals surface area contributed by atoms with Crippen molar-refractivity contribution < 1.29 is 19.1 Å². The molecule has 3 amide bonds. The number of hydrogen-bond donors (Lipinski definition) is 3. The normalized spacial score (nSPS) is 28.6. The summed E-state index contributed by atoms with van der Waals surface area (Å²) in [5.74, 6) is 0.272. The van der Waals surface area contributed by atoms with Gasteiger partial charge in [-0.2, -0.15) is 0 Å². The number of carbonyl (C=O) groups excluding carboxylic acids is 3. The highest BCUT2D eigenvalue weighted by molar-refractivity contribution is 7.99. The predicted octanol–water partition coefficient (Wildman–Crippen LogP) is 2.23. The molecule has 1 aromatic rings. The molecule has 0 bridgehead atoms. The first-order valence-corrected chi connectivity index (χ1v) is 12.6. The Morgan fingerprint density at radius 3 is 2.65 bits per heavy atom. The molecule has 1 unspecified atom stereocenters. The van der Waals surface area contributed by atoms with Crippen molar-refractivity contribution in [1.82, 2.24) is 20.9 Å². The van der Waals surface area contributed by atoms with Crippen molar-refractivity contribution in [3.8, 4) is 0 Å². The van der Waals surface area contributed by atoms with Gasteiger partial charge in [0, 0.05) is 17.1 Å². The molecule has 4 rings (SSSR count). The second kappa shape index (κ2) is 10.8. The van der Waals surface area contributed by atoms with E-state index < -0.39 is 29.8 Å². The van der Waals surface area contributed by atoms with E-state index in [1.54, 1.807) is 30.6 Å². The molecule has 3 N–H and O–H groups in total. The van der Waals surface area contributed by atoms with Crippen molar-refractivity contribution in [3.05, 3.63) is 29.8 Å². The summed E-state index contributed by atoms with van der Waals surface area (Å²) in [7, 11) is 1.70. The average molecular weight is 511 g/mol. The lowest BCUT2D eigenvalue weighted by Gasteiger charge is -2.35. The van der Waals surface area contributed by atoms with E-state index in [-0.39, 0.29) is 36.2 Å². The summed E-state index contributed by atoms with van der Waals surface area (Å²) in [4.78, 5) is 42.5. The van der Waals surface area contributed by atoms with Crippen LogP contribution in [0.3, 0.4) is 0 Å². The molecule has 2 fully saturated rings. The zero-order valence-corrected chi connectivity index (χ0v) is 21.8. The van der Waals surface area contributed by atoms with E-state index in [0.717, 1.165) is 17.7 Å². The number of rotatable bonds is 5. The molecule has 3 aliphatic rings. The van der Waals surface area contributed by atoms with Gasteiger partial charge in [-0.15, -0.1) is 24.2 Å². The maximum absolute atomic E-state index is 13.7. The van der Waals surface area contributed by atoms with Gasteiger partial charge in [-0.3, -0.25) is 14.4 Å². The molecule has 5 atom stereocenters. The molecular weight excluding hydrogens is 476 g/mol. The van der Waals surface area contributed by atoms with Crippen LogP contribution in [0.5, 0.6) is 0 Å². The largest absolute Gasteiger partial charge is 0.358 e. The zero-order chi connectivity index (χ0) is 23.8. The number of ether oxygens (including phenoxy) is 1. The van der Waals surface area contributed by atoms with Crippen molar-refractivity contribution in [2.24, 2.45) is 5.41 Å². The smallest absolute Gasteiger partial charge is 0.247 e. The topological polar surface area (TPSA) is 99.8 Å². The van der Waals surface area contributed by atoms with Crippen LogP contribution in [0.25, 0.3) is 0 Å². The van der Waals surface area contributed by atoms with Crippen LogP contribution in [0.15, 0.2) is 29.2 Å². The minimum absolute atomic E-state index is 0. The predicted molar refractivity (Wildman–Crippen MR) is 134 cm³/mol. The highest BCUT2D eigenvalue weighted by Crippen LogP contribution is 2.43. The van der Waals surface area contributed by atoms with Crippen LogP contribution in [0.2, 0.25) is 0 Å². The Kier molecular flexibility index (Phi) is 8.55. The summed E-state index contributed by atoms with van der Waals surface area (Å²) in [6, 6.07) is 6.26. The lowest BCUT2D eigenvalue weighted by atomic mass is 9.83. The number of nitrogens with one attached hydrogen (secondary N) is 3. The third-order valence-electron chi connectivity index (χ3n) is 6.96. The molecule has 0 spiro atoms. The van der Waals surface area contributed by atoms with E-state index in [1.807, 2.05) is 26.0 Å². The van der Waals surface area contributed by atoms with Crippen molar-refractivity contribution in [2.75, 3.05) is 19.4 Å². The number of benzene rings is 1. The second-order valence-electron chi connectivity index (χ2n) is 9.76. The number of thioether (sulfide) groups is 1. The van der Waals surface area contributed by atoms with Gasteiger partial charge in [0.15, 0.2) is 0 Å². The summed E-state index contributed by atoms with van der Waals surface area (Å²) in [5, 5.41) is 8.97. The maximum atomic E-state index is 13.7. The van der Waals surface area contributed by atoms with Gasteiger partial charge in [0.05, 0.1) is 18.7 Å². The van der Waals surface area contributed by atoms with E-state index in [0.29, 0.717) is 19.4 Å². The third-order valence-corrected chi connectivity index (χ3v) is 8.09. The van der Waals surface area contributed by atoms with Gasteiger partial charge in [-0.1, -0.05) is 32.0 Å². The first-order chi connectivity index (χ1) is 15.7. The number of fused-ring (bicyclic) bond motifs is 2. The minimum Gasteiger partial charge on any atom is -0.358 e. The second-order valence-corrected chi connectivity index (χ2v) is 10.9. The van der Waals surface area contributed by atoms with E-state index in [1.165, 1.54) is 4.90 Å². The van der Waals surface area contributed by atoms with Gasteiger partial charge in [0.1, 0.15) is 18.3 Å². The average Bonchev–Trinajstić information content (AvgIpc) is 2.99. The quantitative estimate of drug-likeness (QED) is 0.561. The molecule has 0 saturated carbocycles. The highest BCUT2D eigenvalue weighted by atomic mass is 35.5. The molecule has 3 heterocycles. The van der Waals surface area contributed by atoms with Gasteiger partial charge in [0.25, 0.3) is 0 Å². The van der Waals surface area contributed by atoms with E-state index >= 15 is 0 Å². The maximum Gasteiger partial charge on any atom is 0.247 e. The van der Waals surface area contributed by atoms with Crippen molar-refractivity contribution >= 4 is 41.9 Å². The molecule has 2 saturated heterocycles. The lowest BCUT2D eigenvalue weighted by molar-refractivity contribution is -0.150. The van der Waals surface area contributed by atoms with Gasteiger partial charge in [-0.05, 0) is 43.9 Å². The molecule has 0 aromatic heterocycles. The summed E-state index contributed by atoms with van der Waals surface area (Å²) in [6.45, 7) is 6.10. The van der Waals surface area contributed by atoms with Crippen LogP contribution in [0.4, 0.5) is 0 Å². The van der Waals surface area contributed by atoms with Crippen LogP contribution in [-0.4, -0.2) is 66.4 Å². The van der Waals surface area contributed by atoms with E-state index in [4.69, 9.17) is 4.74 Å². The van der Waals surface area contributed by atoms with Crippen LogP contribution < -0.4 is 16.0 Å². The number of halogens is 1. The van der Waals surface area contributed by atoms with Crippen molar-refractivity contribution in [1.29, 1.82) is 0 Å². The molecule has 0 aliphatic carbocycles. The Labute approximate surface area is 211 Å². The summed E-state index contributed by atoms with van der Waals surface area (Å²) >= 11 is 1.80. The number of hydrogen-bond acceptors (Lipinski definition) is 6. The summed E-state index contributed by atoms with van der Waals surface area (Å²) in [5.41, 5.74) is 0.663. The fourth-order valence-corrected chi connectivity index (χ4v) is 6.15. The zero-order valence-electron chi connectivity index (χ0n) is 20.1. The number of carbonyl (C=O) groups is 3. The molecule has 1 aromatic carbocycles. The molecule has 3 aliphatic heterocycles. The van der Waals surface area contributed by atoms with Crippen molar-refractivity contribution in [2.45, 2.75) is 75.3 Å². The highest BCUT2D eigenvalue weighted by Gasteiger charge is 2.55. The fourth-order valence-electron chi connectivity index (χ4n) is 5.02. The monoisotopic (exact) mass is 510 g/mol. The van der Waals surface area contributed by atoms with Gasteiger partial charge in [0.2, 0.25) is 17.7 Å². The Morgan fingerprint density at radius 1 is 1.18 bits per heavy atom. The molecular formula is C24H35ClN4O4S. The summed E-state index contributed by atoms with van der Waals surface area (Å²) in [6.07, 6.45) is 1.33. The minimum atomic E-state index is -0.714. The van der Waals surface area contributed by atoms with Gasteiger partial charge < -0.3 is 25.6 Å². The van der Waals surface area contributed by atoms with Crippen molar-refractivity contribution in [3.63, 3.8) is 0 Å². The van der Waals surface area contributed by atoms with Crippen LogP contribution in [-0.2, 0) is 19.1 Å². The Balaban J connectivity index is 0.00000324. The fraction of sp³-hybridized carbons (Fsp3) is 0.625. The van der Waals surface area contributed by atoms with Crippen LogP contribution in [0, 0.1) is 5.41 Å². The summed E-state index contributed by atoms with van der Waals surface area (Å²) < 4.78 is 6.01. The molecule has 0 radical (unpaired) electrons. The number of likely N-dealkylation sites (N-methyl/N-ethyl adjacent to an activating group) is 1. The lowest BCUT2D eigenvalue weighted by Crippen LogP contribution is -2.58. The number of amides is 3. The first kappa shape index (κ1) is 26.8. The molecule has 8 nitrogen and oxygen atoms in total.